The van der Waals surface area contributed by atoms with Gasteiger partial charge in [-0.25, -0.2) is 0 Å². The highest BCUT2D eigenvalue weighted by molar-refractivity contribution is 9.10. The van der Waals surface area contributed by atoms with E-state index < -0.39 is 0 Å². The van der Waals surface area contributed by atoms with Crippen molar-refractivity contribution in [3.8, 4) is 0 Å². The van der Waals surface area contributed by atoms with Gasteiger partial charge in [-0.05, 0) is 49.9 Å². The summed E-state index contributed by atoms with van der Waals surface area (Å²) < 4.78 is 1.13. The summed E-state index contributed by atoms with van der Waals surface area (Å²) in [7, 11) is 0. The summed E-state index contributed by atoms with van der Waals surface area (Å²) in [5, 5.41) is 4.40. The first kappa shape index (κ1) is 13.9. The molecule has 1 saturated carbocycles. The molecule has 0 aromatic heterocycles. The van der Waals surface area contributed by atoms with Gasteiger partial charge in [-0.1, -0.05) is 33.6 Å². The van der Waals surface area contributed by atoms with Gasteiger partial charge in [-0.2, -0.15) is 0 Å². The molecule has 0 spiro atoms. The molecule has 1 aromatic rings. The molecular weight excluding hydrogens is 324 g/mol. The van der Waals surface area contributed by atoms with Crippen LogP contribution in [0, 0.1) is 0 Å². The Labute approximate surface area is 128 Å². The van der Waals surface area contributed by atoms with E-state index in [0.717, 1.165) is 22.1 Å². The van der Waals surface area contributed by atoms with Crippen LogP contribution < -0.4 is 5.32 Å². The lowest BCUT2D eigenvalue weighted by Crippen LogP contribution is -2.38. The summed E-state index contributed by atoms with van der Waals surface area (Å²) in [6.07, 6.45) is 5.37. The fraction of sp³-hybridized carbons (Fsp3) is 0.600. The molecule has 2 aliphatic rings. The Kier molecular flexibility index (Phi) is 4.47. The predicted octanol–water partition coefficient (Wildman–Crippen LogP) is 3.82. The maximum absolute atomic E-state index is 6.01. The molecule has 1 saturated heterocycles. The van der Waals surface area contributed by atoms with Gasteiger partial charge in [0.25, 0.3) is 0 Å². The molecule has 0 bridgehead atoms. The zero-order valence-corrected chi connectivity index (χ0v) is 13.4. The molecule has 0 amide bonds. The van der Waals surface area contributed by atoms with Gasteiger partial charge in [0.2, 0.25) is 0 Å². The standard InChI is InChI=1S/C15H20BrClN2/c16-15-8-12(17)4-3-11(15)9-19(14-5-6-14)10-13-2-1-7-18-13/h3-4,8,13-14,18H,1-2,5-7,9-10H2. The van der Waals surface area contributed by atoms with Crippen LogP contribution in [0.25, 0.3) is 0 Å². The van der Waals surface area contributed by atoms with E-state index >= 15 is 0 Å². The molecule has 19 heavy (non-hydrogen) atoms. The van der Waals surface area contributed by atoms with E-state index in [4.69, 9.17) is 11.6 Å². The average molecular weight is 344 g/mol. The zero-order valence-electron chi connectivity index (χ0n) is 11.0. The molecule has 2 fully saturated rings. The molecule has 104 valence electrons. The minimum absolute atomic E-state index is 0.687. The molecule has 1 heterocycles. The summed E-state index contributed by atoms with van der Waals surface area (Å²) >= 11 is 9.64. The van der Waals surface area contributed by atoms with E-state index in [0.29, 0.717) is 6.04 Å². The van der Waals surface area contributed by atoms with Crippen molar-refractivity contribution in [3.05, 3.63) is 33.3 Å². The van der Waals surface area contributed by atoms with E-state index in [2.05, 4.69) is 32.2 Å². The van der Waals surface area contributed by atoms with Gasteiger partial charge in [0, 0.05) is 34.7 Å². The molecule has 1 unspecified atom stereocenters. The largest absolute Gasteiger partial charge is 0.313 e. The topological polar surface area (TPSA) is 15.3 Å². The minimum atomic E-state index is 0.687. The van der Waals surface area contributed by atoms with E-state index in [-0.39, 0.29) is 0 Å². The SMILES string of the molecule is Clc1ccc(CN(CC2CCCN2)C2CC2)c(Br)c1. The van der Waals surface area contributed by atoms with Crippen molar-refractivity contribution in [1.82, 2.24) is 10.2 Å². The van der Waals surface area contributed by atoms with Gasteiger partial charge in [-0.15, -0.1) is 0 Å². The number of nitrogens with zero attached hydrogens (tertiary/aromatic N) is 1. The van der Waals surface area contributed by atoms with Crippen molar-refractivity contribution >= 4 is 27.5 Å². The molecule has 1 atom stereocenters. The van der Waals surface area contributed by atoms with Crippen LogP contribution in [0.2, 0.25) is 5.02 Å². The number of hydrogen-bond donors (Lipinski definition) is 1. The Morgan fingerprint density at radius 3 is 2.79 bits per heavy atom. The van der Waals surface area contributed by atoms with Crippen molar-refractivity contribution in [1.29, 1.82) is 0 Å². The summed E-state index contributed by atoms with van der Waals surface area (Å²) in [4.78, 5) is 2.64. The van der Waals surface area contributed by atoms with E-state index in [1.54, 1.807) is 0 Å². The van der Waals surface area contributed by atoms with Gasteiger partial charge in [0.1, 0.15) is 0 Å². The van der Waals surface area contributed by atoms with Crippen LogP contribution in [0.5, 0.6) is 0 Å². The second kappa shape index (κ2) is 6.13. The van der Waals surface area contributed by atoms with Crippen molar-refractivity contribution in [2.75, 3.05) is 13.1 Å². The van der Waals surface area contributed by atoms with E-state index in [1.165, 1.54) is 44.3 Å². The van der Waals surface area contributed by atoms with Crippen LogP contribution >= 0.6 is 27.5 Å². The normalized spacial score (nSPS) is 23.2. The lowest BCUT2D eigenvalue weighted by Gasteiger charge is -2.26. The maximum Gasteiger partial charge on any atom is 0.0417 e. The molecule has 1 N–H and O–H groups in total. The average Bonchev–Trinajstić information content (AvgIpc) is 3.10. The predicted molar refractivity (Wildman–Crippen MR) is 83.6 cm³/mol. The highest BCUT2D eigenvalue weighted by atomic mass is 79.9. The van der Waals surface area contributed by atoms with Crippen LogP contribution in [-0.4, -0.2) is 30.1 Å². The summed E-state index contributed by atoms with van der Waals surface area (Å²) in [6.45, 7) is 3.40. The summed E-state index contributed by atoms with van der Waals surface area (Å²) in [6, 6.07) is 7.61. The van der Waals surface area contributed by atoms with Crippen LogP contribution in [-0.2, 0) is 6.54 Å². The van der Waals surface area contributed by atoms with Crippen molar-refractivity contribution < 1.29 is 0 Å². The molecular formula is C15H20BrClN2. The maximum atomic E-state index is 6.01. The smallest absolute Gasteiger partial charge is 0.0417 e. The Balaban J connectivity index is 1.66. The lowest BCUT2D eigenvalue weighted by molar-refractivity contribution is 0.231. The number of nitrogens with one attached hydrogen (secondary N) is 1. The highest BCUT2D eigenvalue weighted by Gasteiger charge is 2.31. The van der Waals surface area contributed by atoms with Gasteiger partial charge in [-0.3, -0.25) is 4.90 Å². The van der Waals surface area contributed by atoms with Crippen LogP contribution in [0.1, 0.15) is 31.2 Å². The number of hydrogen-bond acceptors (Lipinski definition) is 2. The first-order valence-electron chi connectivity index (χ1n) is 7.14. The van der Waals surface area contributed by atoms with Crippen LogP contribution in [0.4, 0.5) is 0 Å². The van der Waals surface area contributed by atoms with Crippen molar-refractivity contribution in [2.45, 2.75) is 44.3 Å². The lowest BCUT2D eigenvalue weighted by atomic mass is 10.1. The van der Waals surface area contributed by atoms with Crippen molar-refractivity contribution in [3.63, 3.8) is 0 Å². The van der Waals surface area contributed by atoms with Gasteiger partial charge >= 0.3 is 0 Å². The van der Waals surface area contributed by atoms with E-state index in [1.807, 2.05) is 12.1 Å². The second-order valence-corrected chi connectivity index (χ2v) is 6.98. The number of benzene rings is 1. The molecule has 1 aromatic carbocycles. The van der Waals surface area contributed by atoms with Gasteiger partial charge in [0.05, 0.1) is 0 Å². The Bertz CT molecular complexity index is 442. The van der Waals surface area contributed by atoms with Crippen molar-refractivity contribution in [2.24, 2.45) is 0 Å². The van der Waals surface area contributed by atoms with E-state index in [9.17, 15) is 0 Å². The second-order valence-electron chi connectivity index (χ2n) is 5.69. The Morgan fingerprint density at radius 2 is 2.16 bits per heavy atom. The Hall–Kier alpha value is -0.0900. The number of halogens is 2. The van der Waals surface area contributed by atoms with Gasteiger partial charge in [0.15, 0.2) is 0 Å². The quantitative estimate of drug-likeness (QED) is 0.874. The zero-order chi connectivity index (χ0) is 13.2. The highest BCUT2D eigenvalue weighted by Crippen LogP contribution is 2.31. The molecule has 2 nitrogen and oxygen atoms in total. The minimum Gasteiger partial charge on any atom is -0.313 e. The summed E-state index contributed by atoms with van der Waals surface area (Å²) in [5.41, 5.74) is 1.34. The molecule has 4 heteroatoms. The fourth-order valence-corrected chi connectivity index (χ4v) is 3.65. The Morgan fingerprint density at radius 1 is 1.32 bits per heavy atom. The van der Waals surface area contributed by atoms with Crippen LogP contribution in [0.3, 0.4) is 0 Å². The third kappa shape index (κ3) is 3.72. The molecule has 3 rings (SSSR count). The third-order valence-electron chi connectivity index (χ3n) is 4.07. The van der Waals surface area contributed by atoms with Gasteiger partial charge < -0.3 is 5.32 Å². The number of rotatable bonds is 5. The van der Waals surface area contributed by atoms with Crippen LogP contribution in [0.15, 0.2) is 22.7 Å². The first-order valence-corrected chi connectivity index (χ1v) is 8.31. The molecule has 1 aliphatic heterocycles. The summed E-state index contributed by atoms with van der Waals surface area (Å²) in [5.74, 6) is 0. The first-order chi connectivity index (χ1) is 9.22. The monoisotopic (exact) mass is 342 g/mol. The third-order valence-corrected chi connectivity index (χ3v) is 5.04. The fourth-order valence-electron chi connectivity index (χ4n) is 2.85. The molecule has 1 aliphatic carbocycles. The molecule has 0 radical (unpaired) electrons.